The summed E-state index contributed by atoms with van der Waals surface area (Å²) in [5.41, 5.74) is 6.33. The van der Waals surface area contributed by atoms with E-state index in [1.54, 1.807) is 12.1 Å². The van der Waals surface area contributed by atoms with Crippen molar-refractivity contribution in [2.75, 3.05) is 11.1 Å². The van der Waals surface area contributed by atoms with Crippen LogP contribution in [-0.4, -0.2) is 9.97 Å². The lowest BCUT2D eigenvalue weighted by molar-refractivity contribution is 1.17. The molecule has 7 heteroatoms. The van der Waals surface area contributed by atoms with Crippen molar-refractivity contribution < 1.29 is 0 Å². The second-order valence-corrected chi connectivity index (χ2v) is 4.84. The molecule has 3 N–H and O–H groups in total. The van der Waals surface area contributed by atoms with Crippen LogP contribution in [0.25, 0.3) is 0 Å². The summed E-state index contributed by atoms with van der Waals surface area (Å²) >= 11 is 15.3. The number of nitrogen functional groups attached to an aromatic ring is 1. The molecule has 0 fully saturated rings. The average Bonchev–Trinajstić information content (AvgIpc) is 2.30. The average molecular weight is 334 g/mol. The van der Waals surface area contributed by atoms with Crippen molar-refractivity contribution in [3.63, 3.8) is 0 Å². The van der Waals surface area contributed by atoms with Gasteiger partial charge in [-0.05, 0) is 34.1 Å². The molecule has 1 aromatic carbocycles. The highest BCUT2D eigenvalue weighted by Gasteiger charge is 2.08. The van der Waals surface area contributed by atoms with Crippen LogP contribution in [0.5, 0.6) is 0 Å². The van der Waals surface area contributed by atoms with Gasteiger partial charge in [-0.3, -0.25) is 0 Å². The fourth-order valence-corrected chi connectivity index (χ4v) is 1.85. The van der Waals surface area contributed by atoms with E-state index in [0.29, 0.717) is 10.8 Å². The summed E-state index contributed by atoms with van der Waals surface area (Å²) in [6, 6.07) is 5.34. The van der Waals surface area contributed by atoms with Crippen molar-refractivity contribution in [3.05, 3.63) is 39.0 Å². The molecule has 0 saturated heterocycles. The first kappa shape index (κ1) is 12.4. The molecule has 17 heavy (non-hydrogen) atoms. The van der Waals surface area contributed by atoms with Crippen molar-refractivity contribution in [1.82, 2.24) is 9.97 Å². The highest BCUT2D eigenvalue weighted by molar-refractivity contribution is 9.10. The van der Waals surface area contributed by atoms with Gasteiger partial charge in [0.2, 0.25) is 0 Å². The van der Waals surface area contributed by atoms with Crippen molar-refractivity contribution >= 4 is 56.5 Å². The summed E-state index contributed by atoms with van der Waals surface area (Å²) in [6.45, 7) is 0. The Balaban J connectivity index is 2.38. The SMILES string of the molecule is Nc1ncnc(Nc2cc(Cl)ccc2Br)c1Cl. The number of benzene rings is 1. The Hall–Kier alpha value is -1.04. The van der Waals surface area contributed by atoms with Gasteiger partial charge in [0.15, 0.2) is 5.82 Å². The van der Waals surface area contributed by atoms with Crippen LogP contribution in [0.15, 0.2) is 29.0 Å². The zero-order chi connectivity index (χ0) is 12.4. The van der Waals surface area contributed by atoms with Gasteiger partial charge >= 0.3 is 0 Å². The van der Waals surface area contributed by atoms with Gasteiger partial charge in [0.1, 0.15) is 17.2 Å². The van der Waals surface area contributed by atoms with Crippen LogP contribution in [0.2, 0.25) is 10.0 Å². The zero-order valence-electron chi connectivity index (χ0n) is 8.42. The summed E-state index contributed by atoms with van der Waals surface area (Å²) in [5, 5.41) is 3.91. The molecule has 0 spiro atoms. The molecule has 0 aliphatic rings. The molecule has 4 nitrogen and oxygen atoms in total. The summed E-state index contributed by atoms with van der Waals surface area (Å²) in [4.78, 5) is 7.78. The van der Waals surface area contributed by atoms with E-state index in [9.17, 15) is 0 Å². The first-order chi connectivity index (χ1) is 8.08. The first-order valence-corrected chi connectivity index (χ1v) is 6.11. The minimum Gasteiger partial charge on any atom is -0.382 e. The normalized spacial score (nSPS) is 10.3. The number of rotatable bonds is 2. The van der Waals surface area contributed by atoms with E-state index in [2.05, 4.69) is 31.2 Å². The molecule has 0 amide bonds. The first-order valence-electron chi connectivity index (χ1n) is 4.56. The molecule has 0 aliphatic carbocycles. The maximum Gasteiger partial charge on any atom is 0.154 e. The molecule has 1 aromatic heterocycles. The van der Waals surface area contributed by atoms with E-state index < -0.39 is 0 Å². The van der Waals surface area contributed by atoms with Crippen LogP contribution in [0.1, 0.15) is 0 Å². The van der Waals surface area contributed by atoms with Gasteiger partial charge in [0.25, 0.3) is 0 Å². The Labute approximate surface area is 116 Å². The van der Waals surface area contributed by atoms with Crippen molar-refractivity contribution in [2.24, 2.45) is 0 Å². The Morgan fingerprint density at radius 2 is 2.00 bits per heavy atom. The number of nitrogens with zero attached hydrogens (tertiary/aromatic N) is 2. The minimum atomic E-state index is 0.224. The predicted octanol–water partition coefficient (Wildman–Crippen LogP) is 3.87. The number of nitrogens with two attached hydrogens (primary N) is 1. The molecule has 0 atom stereocenters. The van der Waals surface area contributed by atoms with Crippen LogP contribution in [0.3, 0.4) is 0 Å². The number of halogens is 3. The number of aromatic nitrogens is 2. The zero-order valence-corrected chi connectivity index (χ0v) is 11.5. The van der Waals surface area contributed by atoms with Crippen molar-refractivity contribution in [1.29, 1.82) is 0 Å². The Bertz CT molecular complexity index is 562. The lowest BCUT2D eigenvalue weighted by Crippen LogP contribution is -2.00. The molecular weight excluding hydrogens is 327 g/mol. The predicted molar refractivity (Wildman–Crippen MR) is 73.9 cm³/mol. The Morgan fingerprint density at radius 1 is 1.24 bits per heavy atom. The van der Waals surface area contributed by atoms with Gasteiger partial charge in [0, 0.05) is 9.50 Å². The Kier molecular flexibility index (Phi) is 3.71. The molecule has 2 aromatic rings. The largest absolute Gasteiger partial charge is 0.382 e. The molecule has 0 radical (unpaired) electrons. The van der Waals surface area contributed by atoms with Gasteiger partial charge in [-0.2, -0.15) is 0 Å². The van der Waals surface area contributed by atoms with Crippen LogP contribution in [0, 0.1) is 0 Å². The van der Waals surface area contributed by atoms with Crippen LogP contribution >= 0.6 is 39.1 Å². The second-order valence-electron chi connectivity index (χ2n) is 3.17. The summed E-state index contributed by atoms with van der Waals surface area (Å²) in [6.07, 6.45) is 1.34. The molecule has 0 saturated carbocycles. The molecule has 0 aliphatic heterocycles. The van der Waals surface area contributed by atoms with Gasteiger partial charge in [0.05, 0.1) is 5.69 Å². The molecule has 0 unspecified atom stereocenters. The van der Waals surface area contributed by atoms with Crippen molar-refractivity contribution in [2.45, 2.75) is 0 Å². The highest BCUT2D eigenvalue weighted by atomic mass is 79.9. The molecular formula is C10H7BrCl2N4. The number of anilines is 3. The minimum absolute atomic E-state index is 0.224. The quantitative estimate of drug-likeness (QED) is 0.875. The smallest absolute Gasteiger partial charge is 0.154 e. The van der Waals surface area contributed by atoms with Crippen LogP contribution in [-0.2, 0) is 0 Å². The maximum absolute atomic E-state index is 5.97. The van der Waals surface area contributed by atoms with E-state index in [0.717, 1.165) is 10.2 Å². The number of hydrogen-bond donors (Lipinski definition) is 2. The van der Waals surface area contributed by atoms with E-state index in [1.165, 1.54) is 6.33 Å². The number of hydrogen-bond acceptors (Lipinski definition) is 4. The third kappa shape index (κ3) is 2.80. The third-order valence-electron chi connectivity index (χ3n) is 2.00. The third-order valence-corrected chi connectivity index (χ3v) is 3.30. The lowest BCUT2D eigenvalue weighted by atomic mass is 10.3. The van der Waals surface area contributed by atoms with Gasteiger partial charge < -0.3 is 11.1 Å². The lowest BCUT2D eigenvalue weighted by Gasteiger charge is -2.10. The van der Waals surface area contributed by atoms with Crippen LogP contribution in [0.4, 0.5) is 17.3 Å². The van der Waals surface area contributed by atoms with E-state index in [-0.39, 0.29) is 10.8 Å². The van der Waals surface area contributed by atoms with Gasteiger partial charge in [-0.15, -0.1) is 0 Å². The molecule has 2 rings (SSSR count). The second kappa shape index (κ2) is 5.08. The molecule has 88 valence electrons. The van der Waals surface area contributed by atoms with Gasteiger partial charge in [-0.25, -0.2) is 9.97 Å². The summed E-state index contributed by atoms with van der Waals surface area (Å²) in [5.74, 6) is 0.657. The fraction of sp³-hybridized carbons (Fsp3) is 0. The monoisotopic (exact) mass is 332 g/mol. The molecule has 1 heterocycles. The standard InChI is InChI=1S/C10H7BrCl2N4/c11-6-2-1-5(12)3-7(6)17-10-8(13)9(14)15-4-16-10/h1-4H,(H3,14,15,16,17). The summed E-state index contributed by atoms with van der Waals surface area (Å²) in [7, 11) is 0. The molecule has 0 bridgehead atoms. The highest BCUT2D eigenvalue weighted by Crippen LogP contribution is 2.31. The maximum atomic E-state index is 5.97. The van der Waals surface area contributed by atoms with Crippen molar-refractivity contribution in [3.8, 4) is 0 Å². The van der Waals surface area contributed by atoms with Crippen LogP contribution < -0.4 is 11.1 Å². The van der Waals surface area contributed by atoms with E-state index >= 15 is 0 Å². The Morgan fingerprint density at radius 3 is 2.76 bits per heavy atom. The summed E-state index contributed by atoms with van der Waals surface area (Å²) < 4.78 is 0.843. The van der Waals surface area contributed by atoms with Gasteiger partial charge in [-0.1, -0.05) is 23.2 Å². The fourth-order valence-electron chi connectivity index (χ4n) is 1.19. The van der Waals surface area contributed by atoms with E-state index in [4.69, 9.17) is 28.9 Å². The topological polar surface area (TPSA) is 63.8 Å². The van der Waals surface area contributed by atoms with E-state index in [1.807, 2.05) is 6.07 Å². The number of nitrogens with one attached hydrogen (secondary N) is 1.